The van der Waals surface area contributed by atoms with Crippen molar-refractivity contribution in [2.45, 2.75) is 11.8 Å². The zero-order valence-electron chi connectivity index (χ0n) is 10.6. The number of rotatable bonds is 6. The molecule has 5 heteroatoms. The molecule has 4 nitrogen and oxygen atoms in total. The van der Waals surface area contributed by atoms with Gasteiger partial charge in [0.2, 0.25) is 0 Å². The van der Waals surface area contributed by atoms with E-state index in [1.165, 1.54) is 0 Å². The normalized spacial score (nSPS) is 12.7. The molecular weight excluding hydrogens is 236 g/mol. The van der Waals surface area contributed by atoms with Gasteiger partial charge in [0.25, 0.3) is 0 Å². The van der Waals surface area contributed by atoms with Crippen molar-refractivity contribution in [3.05, 3.63) is 18.2 Å². The van der Waals surface area contributed by atoms with E-state index in [-0.39, 0.29) is 0 Å². The zero-order chi connectivity index (χ0) is 12.8. The molecule has 0 heterocycles. The summed E-state index contributed by atoms with van der Waals surface area (Å²) in [6.45, 7) is 3.28. The second-order valence-electron chi connectivity index (χ2n) is 3.99. The summed E-state index contributed by atoms with van der Waals surface area (Å²) >= 11 is 0. The molecule has 0 aliphatic rings. The summed E-state index contributed by atoms with van der Waals surface area (Å²) in [7, 11) is 2.83. The summed E-state index contributed by atoms with van der Waals surface area (Å²) in [5.41, 5.74) is 6.39. The van der Waals surface area contributed by atoms with Gasteiger partial charge < -0.3 is 15.4 Å². The summed E-state index contributed by atoms with van der Waals surface area (Å²) in [6, 6.07) is 5.31. The molecule has 0 radical (unpaired) electrons. The van der Waals surface area contributed by atoms with Crippen LogP contribution in [0.4, 0.5) is 5.69 Å². The first-order valence-corrected chi connectivity index (χ1v) is 6.92. The number of benzene rings is 1. The van der Waals surface area contributed by atoms with Gasteiger partial charge in [0.1, 0.15) is 5.75 Å². The van der Waals surface area contributed by atoms with E-state index in [2.05, 4.69) is 0 Å². The van der Waals surface area contributed by atoms with Crippen molar-refractivity contribution in [2.75, 3.05) is 38.7 Å². The smallest absolute Gasteiger partial charge is 0.120 e. The lowest BCUT2D eigenvalue weighted by Crippen LogP contribution is -2.19. The van der Waals surface area contributed by atoms with Gasteiger partial charge >= 0.3 is 0 Å². The average molecular weight is 256 g/mol. The summed E-state index contributed by atoms with van der Waals surface area (Å²) in [5, 5.41) is 0. The van der Waals surface area contributed by atoms with E-state index in [9.17, 15) is 4.21 Å². The SMILES string of the molecule is CCOc1ccc(N)c(S(=O)CCN(C)C)c1. The van der Waals surface area contributed by atoms with Gasteiger partial charge in [0.05, 0.1) is 22.3 Å². The maximum atomic E-state index is 12.1. The molecule has 1 rings (SSSR count). The van der Waals surface area contributed by atoms with Crippen LogP contribution >= 0.6 is 0 Å². The van der Waals surface area contributed by atoms with E-state index >= 15 is 0 Å². The van der Waals surface area contributed by atoms with Crippen LogP contribution in [0.25, 0.3) is 0 Å². The van der Waals surface area contributed by atoms with Gasteiger partial charge in [-0.05, 0) is 39.2 Å². The number of hydrogen-bond acceptors (Lipinski definition) is 4. The maximum Gasteiger partial charge on any atom is 0.120 e. The molecule has 2 N–H and O–H groups in total. The Morgan fingerprint density at radius 1 is 1.41 bits per heavy atom. The molecule has 1 aromatic rings. The van der Waals surface area contributed by atoms with E-state index in [4.69, 9.17) is 10.5 Å². The van der Waals surface area contributed by atoms with Gasteiger partial charge in [-0.25, -0.2) is 0 Å². The number of nitrogens with zero attached hydrogens (tertiary/aromatic N) is 1. The maximum absolute atomic E-state index is 12.1. The minimum atomic E-state index is -1.08. The van der Waals surface area contributed by atoms with Crippen molar-refractivity contribution in [1.29, 1.82) is 0 Å². The highest BCUT2D eigenvalue weighted by atomic mass is 32.2. The lowest BCUT2D eigenvalue weighted by Gasteiger charge is -2.11. The zero-order valence-corrected chi connectivity index (χ0v) is 11.4. The van der Waals surface area contributed by atoms with Gasteiger partial charge in [0.15, 0.2) is 0 Å². The molecule has 0 amide bonds. The average Bonchev–Trinajstić information content (AvgIpc) is 2.29. The Labute approximate surface area is 105 Å². The van der Waals surface area contributed by atoms with E-state index in [1.54, 1.807) is 18.2 Å². The Balaban J connectivity index is 2.80. The third-order valence-electron chi connectivity index (χ3n) is 2.27. The van der Waals surface area contributed by atoms with Crippen molar-refractivity contribution in [1.82, 2.24) is 4.90 Å². The summed E-state index contributed by atoms with van der Waals surface area (Å²) in [4.78, 5) is 2.67. The standard InChI is InChI=1S/C12H20N2O2S/c1-4-16-10-5-6-11(13)12(9-10)17(15)8-7-14(2)3/h5-6,9H,4,7-8,13H2,1-3H3. The van der Waals surface area contributed by atoms with Crippen LogP contribution in [-0.2, 0) is 10.8 Å². The van der Waals surface area contributed by atoms with Crippen LogP contribution in [-0.4, -0.2) is 42.1 Å². The molecule has 0 saturated heterocycles. The molecule has 0 bridgehead atoms. The van der Waals surface area contributed by atoms with Crippen LogP contribution in [0, 0.1) is 0 Å². The third-order valence-corrected chi connectivity index (χ3v) is 3.66. The number of anilines is 1. The first-order valence-electron chi connectivity index (χ1n) is 5.60. The monoisotopic (exact) mass is 256 g/mol. The molecule has 0 aliphatic carbocycles. The quantitative estimate of drug-likeness (QED) is 0.780. The molecular formula is C12H20N2O2S. The molecule has 0 aliphatic heterocycles. The number of nitrogen functional groups attached to an aromatic ring is 1. The largest absolute Gasteiger partial charge is 0.494 e. The highest BCUT2D eigenvalue weighted by molar-refractivity contribution is 7.85. The second kappa shape index (κ2) is 6.61. The molecule has 1 unspecified atom stereocenters. The third kappa shape index (κ3) is 4.36. The molecule has 17 heavy (non-hydrogen) atoms. The van der Waals surface area contributed by atoms with E-state index in [0.717, 1.165) is 12.3 Å². The van der Waals surface area contributed by atoms with Crippen LogP contribution in [0.2, 0.25) is 0 Å². The van der Waals surface area contributed by atoms with Crippen LogP contribution in [0.15, 0.2) is 23.1 Å². The Kier molecular flexibility index (Phi) is 5.44. The fraction of sp³-hybridized carbons (Fsp3) is 0.500. The minimum absolute atomic E-state index is 0.561. The lowest BCUT2D eigenvalue weighted by molar-refractivity contribution is 0.339. The van der Waals surface area contributed by atoms with Gasteiger partial charge in [-0.2, -0.15) is 0 Å². The first kappa shape index (κ1) is 14.0. The predicted octanol–water partition coefficient (Wildman–Crippen LogP) is 1.34. The van der Waals surface area contributed by atoms with Gasteiger partial charge in [-0.15, -0.1) is 0 Å². The Morgan fingerprint density at radius 3 is 2.71 bits per heavy atom. The Hall–Kier alpha value is -1.07. The molecule has 0 fully saturated rings. The number of ether oxygens (including phenoxy) is 1. The fourth-order valence-electron chi connectivity index (χ4n) is 1.34. The van der Waals surface area contributed by atoms with Crippen LogP contribution in [0.1, 0.15) is 6.92 Å². The van der Waals surface area contributed by atoms with Gasteiger partial charge in [-0.1, -0.05) is 0 Å². The van der Waals surface area contributed by atoms with Gasteiger partial charge in [-0.3, -0.25) is 4.21 Å². The summed E-state index contributed by atoms with van der Waals surface area (Å²) in [6.07, 6.45) is 0. The number of nitrogens with two attached hydrogens (primary N) is 1. The van der Waals surface area contributed by atoms with E-state index in [0.29, 0.717) is 22.9 Å². The first-order chi connectivity index (χ1) is 8.04. The Bertz CT molecular complexity index is 394. The molecule has 1 aromatic carbocycles. The molecule has 0 spiro atoms. The Morgan fingerprint density at radius 2 is 2.12 bits per heavy atom. The summed E-state index contributed by atoms with van der Waals surface area (Å²) < 4.78 is 17.5. The topological polar surface area (TPSA) is 55.6 Å². The molecule has 96 valence electrons. The fourth-order valence-corrected chi connectivity index (χ4v) is 2.67. The van der Waals surface area contributed by atoms with E-state index < -0.39 is 10.8 Å². The molecule has 0 aromatic heterocycles. The highest BCUT2D eigenvalue weighted by Gasteiger charge is 2.10. The van der Waals surface area contributed by atoms with Crippen LogP contribution in [0.5, 0.6) is 5.75 Å². The molecule has 1 atom stereocenters. The van der Waals surface area contributed by atoms with Crippen LogP contribution in [0.3, 0.4) is 0 Å². The highest BCUT2D eigenvalue weighted by Crippen LogP contribution is 2.23. The van der Waals surface area contributed by atoms with Crippen molar-refractivity contribution in [3.63, 3.8) is 0 Å². The van der Waals surface area contributed by atoms with Crippen molar-refractivity contribution in [3.8, 4) is 5.75 Å². The van der Waals surface area contributed by atoms with Crippen molar-refractivity contribution >= 4 is 16.5 Å². The van der Waals surface area contributed by atoms with Crippen molar-refractivity contribution < 1.29 is 8.95 Å². The van der Waals surface area contributed by atoms with E-state index in [1.807, 2.05) is 25.9 Å². The summed E-state index contributed by atoms with van der Waals surface area (Å²) in [5.74, 6) is 1.29. The minimum Gasteiger partial charge on any atom is -0.494 e. The number of hydrogen-bond donors (Lipinski definition) is 1. The second-order valence-corrected chi connectivity index (χ2v) is 5.52. The predicted molar refractivity (Wildman–Crippen MR) is 71.9 cm³/mol. The van der Waals surface area contributed by atoms with Crippen molar-refractivity contribution in [2.24, 2.45) is 0 Å². The van der Waals surface area contributed by atoms with Gasteiger partial charge in [0, 0.05) is 18.0 Å². The lowest BCUT2D eigenvalue weighted by atomic mass is 10.3. The molecule has 0 saturated carbocycles. The van der Waals surface area contributed by atoms with Crippen LogP contribution < -0.4 is 10.5 Å².